The van der Waals surface area contributed by atoms with Crippen molar-refractivity contribution < 1.29 is 0 Å². The number of para-hydroxylation sites is 1. The fourth-order valence-corrected chi connectivity index (χ4v) is 6.09. The van der Waals surface area contributed by atoms with Gasteiger partial charge in [0.25, 0.3) is 0 Å². The molecule has 0 unspecified atom stereocenters. The van der Waals surface area contributed by atoms with Gasteiger partial charge in [0.05, 0.1) is 5.69 Å². The van der Waals surface area contributed by atoms with E-state index in [9.17, 15) is 0 Å². The molecule has 7 rings (SSSR count). The van der Waals surface area contributed by atoms with E-state index in [2.05, 4.69) is 168 Å². The molecular formula is C37H27N. The largest absolute Gasteiger partial charge is 0.322 e. The average Bonchev–Trinajstić information content (AvgIpc) is 3.39. The quantitative estimate of drug-likeness (QED) is 0.214. The third-order valence-corrected chi connectivity index (χ3v) is 7.69. The van der Waals surface area contributed by atoms with Crippen LogP contribution in [0.1, 0.15) is 16.7 Å². The van der Waals surface area contributed by atoms with Crippen LogP contribution in [-0.4, -0.2) is 4.57 Å². The Balaban J connectivity index is 1.72. The maximum Gasteiger partial charge on any atom is 0.121 e. The van der Waals surface area contributed by atoms with E-state index in [0.29, 0.717) is 0 Å². The lowest BCUT2D eigenvalue weighted by Gasteiger charge is -2.40. The molecule has 0 amide bonds. The van der Waals surface area contributed by atoms with Gasteiger partial charge >= 0.3 is 0 Å². The molecule has 0 fully saturated rings. The molecule has 0 aliphatic carbocycles. The summed E-state index contributed by atoms with van der Waals surface area (Å²) in [5, 5.41) is 3.72. The molecule has 1 aromatic heterocycles. The predicted octanol–water partition coefficient (Wildman–Crippen LogP) is 9.30. The van der Waals surface area contributed by atoms with Crippen LogP contribution in [0.25, 0.3) is 32.9 Å². The van der Waals surface area contributed by atoms with Crippen molar-refractivity contribution in [1.82, 2.24) is 4.57 Å². The standard InChI is InChI=1S/C37H27N/c1-4-18-30(19-5-1)37(31-20-6-2-7-21-31,32-22-8-3-9-23-32)38-35-26-13-11-16-29(35)27-36(38)34-25-14-17-28-15-10-12-24-33(28)34/h1-27H. The van der Waals surface area contributed by atoms with E-state index < -0.39 is 5.54 Å². The van der Waals surface area contributed by atoms with Crippen LogP contribution >= 0.6 is 0 Å². The summed E-state index contributed by atoms with van der Waals surface area (Å²) in [4.78, 5) is 0. The van der Waals surface area contributed by atoms with Crippen LogP contribution in [-0.2, 0) is 5.54 Å². The van der Waals surface area contributed by atoms with Gasteiger partial charge in [0, 0.05) is 16.5 Å². The molecule has 6 aromatic carbocycles. The highest BCUT2D eigenvalue weighted by atomic mass is 15.1. The summed E-state index contributed by atoms with van der Waals surface area (Å²) < 4.78 is 2.57. The van der Waals surface area contributed by atoms with Crippen molar-refractivity contribution in [3.8, 4) is 11.3 Å². The van der Waals surface area contributed by atoms with Crippen molar-refractivity contribution >= 4 is 21.7 Å². The van der Waals surface area contributed by atoms with Crippen molar-refractivity contribution in [2.45, 2.75) is 5.54 Å². The normalized spacial score (nSPS) is 11.7. The molecule has 1 heteroatoms. The second-order valence-corrected chi connectivity index (χ2v) is 9.76. The zero-order valence-electron chi connectivity index (χ0n) is 21.0. The number of nitrogens with zero attached hydrogens (tertiary/aromatic N) is 1. The Morgan fingerprint density at radius 2 is 0.868 bits per heavy atom. The summed E-state index contributed by atoms with van der Waals surface area (Å²) >= 11 is 0. The average molecular weight is 486 g/mol. The first-order chi connectivity index (χ1) is 18.9. The number of hydrogen-bond donors (Lipinski definition) is 0. The van der Waals surface area contributed by atoms with Crippen molar-refractivity contribution in [1.29, 1.82) is 0 Å². The highest BCUT2D eigenvalue weighted by Gasteiger charge is 2.40. The smallest absolute Gasteiger partial charge is 0.121 e. The molecule has 0 saturated carbocycles. The number of hydrogen-bond acceptors (Lipinski definition) is 0. The second kappa shape index (κ2) is 9.21. The molecule has 0 aliphatic rings. The fraction of sp³-hybridized carbons (Fsp3) is 0.0270. The maximum atomic E-state index is 2.57. The summed E-state index contributed by atoms with van der Waals surface area (Å²) in [6.45, 7) is 0. The van der Waals surface area contributed by atoms with E-state index in [-0.39, 0.29) is 0 Å². The Hall–Kier alpha value is -4.88. The summed E-state index contributed by atoms with van der Waals surface area (Å²) in [6, 6.07) is 59.3. The summed E-state index contributed by atoms with van der Waals surface area (Å²) in [5.41, 5.74) is 6.69. The number of rotatable bonds is 5. The van der Waals surface area contributed by atoms with Crippen molar-refractivity contribution in [2.24, 2.45) is 0 Å². The topological polar surface area (TPSA) is 4.93 Å². The minimum atomic E-state index is -0.598. The molecule has 38 heavy (non-hydrogen) atoms. The van der Waals surface area contributed by atoms with Crippen LogP contribution in [0.2, 0.25) is 0 Å². The summed E-state index contributed by atoms with van der Waals surface area (Å²) in [5.74, 6) is 0. The van der Waals surface area contributed by atoms with E-state index in [1.165, 1.54) is 49.6 Å². The minimum absolute atomic E-state index is 0.598. The first kappa shape index (κ1) is 22.3. The van der Waals surface area contributed by atoms with Crippen LogP contribution in [0.5, 0.6) is 0 Å². The maximum absolute atomic E-state index is 2.57. The molecule has 0 spiro atoms. The molecule has 0 radical (unpaired) electrons. The third-order valence-electron chi connectivity index (χ3n) is 7.69. The van der Waals surface area contributed by atoms with Crippen molar-refractivity contribution in [2.75, 3.05) is 0 Å². The summed E-state index contributed by atoms with van der Waals surface area (Å²) in [6.07, 6.45) is 0. The van der Waals surface area contributed by atoms with Gasteiger partial charge in [0.1, 0.15) is 5.54 Å². The molecule has 0 saturated heterocycles. The Labute approximate surface area is 223 Å². The molecule has 0 bridgehead atoms. The molecule has 0 N–H and O–H groups in total. The van der Waals surface area contributed by atoms with Gasteiger partial charge < -0.3 is 4.57 Å². The first-order valence-electron chi connectivity index (χ1n) is 13.1. The van der Waals surface area contributed by atoms with Crippen LogP contribution in [0.4, 0.5) is 0 Å². The number of fused-ring (bicyclic) bond motifs is 2. The molecule has 0 aliphatic heterocycles. The SMILES string of the molecule is c1ccc(C(c2ccccc2)(c2ccccc2)n2c(-c3cccc4ccccc34)cc3ccccc32)cc1. The van der Waals surface area contributed by atoms with Gasteiger partial charge in [-0.3, -0.25) is 0 Å². The zero-order chi connectivity index (χ0) is 25.4. The third kappa shape index (κ3) is 3.40. The molecular weight excluding hydrogens is 458 g/mol. The van der Waals surface area contributed by atoms with Gasteiger partial charge in [-0.2, -0.15) is 0 Å². The molecule has 7 aromatic rings. The monoisotopic (exact) mass is 485 g/mol. The molecule has 1 heterocycles. The highest BCUT2D eigenvalue weighted by Crippen LogP contribution is 2.47. The highest BCUT2D eigenvalue weighted by molar-refractivity contribution is 5.99. The summed E-state index contributed by atoms with van der Waals surface area (Å²) in [7, 11) is 0. The van der Waals surface area contributed by atoms with Gasteiger partial charge in [0.15, 0.2) is 0 Å². The van der Waals surface area contributed by atoms with Gasteiger partial charge in [-0.1, -0.05) is 152 Å². The Kier molecular flexibility index (Phi) is 5.41. The van der Waals surface area contributed by atoms with Gasteiger partial charge in [-0.05, 0) is 39.6 Å². The fourth-order valence-electron chi connectivity index (χ4n) is 6.09. The van der Waals surface area contributed by atoms with Crippen molar-refractivity contribution in [3.05, 3.63) is 180 Å². The van der Waals surface area contributed by atoms with Gasteiger partial charge in [-0.25, -0.2) is 0 Å². The zero-order valence-corrected chi connectivity index (χ0v) is 21.0. The van der Waals surface area contributed by atoms with E-state index in [0.717, 1.165) is 0 Å². The van der Waals surface area contributed by atoms with Crippen molar-refractivity contribution in [3.63, 3.8) is 0 Å². The number of benzene rings is 6. The molecule has 180 valence electrons. The lowest BCUT2D eigenvalue weighted by atomic mass is 9.76. The van der Waals surface area contributed by atoms with Crippen LogP contribution in [0, 0.1) is 0 Å². The second-order valence-electron chi connectivity index (χ2n) is 9.76. The number of aromatic nitrogens is 1. The minimum Gasteiger partial charge on any atom is -0.322 e. The Morgan fingerprint density at radius 1 is 0.395 bits per heavy atom. The first-order valence-corrected chi connectivity index (χ1v) is 13.1. The predicted molar refractivity (Wildman–Crippen MR) is 159 cm³/mol. The van der Waals surface area contributed by atoms with E-state index in [1.807, 2.05) is 0 Å². The molecule has 0 atom stereocenters. The van der Waals surface area contributed by atoms with E-state index in [4.69, 9.17) is 0 Å². The Bertz CT molecular complexity index is 1750. The lowest BCUT2D eigenvalue weighted by Crippen LogP contribution is -2.38. The van der Waals surface area contributed by atoms with E-state index in [1.54, 1.807) is 0 Å². The lowest BCUT2D eigenvalue weighted by molar-refractivity contribution is 0.539. The molecule has 1 nitrogen and oxygen atoms in total. The van der Waals surface area contributed by atoms with Crippen LogP contribution in [0.3, 0.4) is 0 Å². The van der Waals surface area contributed by atoms with Gasteiger partial charge in [0.2, 0.25) is 0 Å². The van der Waals surface area contributed by atoms with Gasteiger partial charge in [-0.15, -0.1) is 0 Å². The van der Waals surface area contributed by atoms with E-state index >= 15 is 0 Å². The van der Waals surface area contributed by atoms with Crippen LogP contribution < -0.4 is 0 Å². The Morgan fingerprint density at radius 3 is 1.47 bits per heavy atom. The van der Waals surface area contributed by atoms with Crippen LogP contribution in [0.15, 0.2) is 164 Å².